The average Bonchev–Trinajstić information content (AvgIpc) is 3.20. The summed E-state index contributed by atoms with van der Waals surface area (Å²) >= 11 is 1.55. The third-order valence-electron chi connectivity index (χ3n) is 4.19. The molecule has 0 bridgehead atoms. The summed E-state index contributed by atoms with van der Waals surface area (Å²) in [6, 6.07) is 11.3. The Morgan fingerprint density at radius 2 is 1.88 bits per heavy atom. The van der Waals surface area contributed by atoms with Gasteiger partial charge in [-0.2, -0.15) is 0 Å². The number of rotatable bonds is 8. The van der Waals surface area contributed by atoms with Crippen LogP contribution in [0.1, 0.15) is 11.1 Å². The second-order valence-electron chi connectivity index (χ2n) is 5.79. The van der Waals surface area contributed by atoms with Gasteiger partial charge in [0, 0.05) is 23.1 Å². The Labute approximate surface area is 157 Å². The summed E-state index contributed by atoms with van der Waals surface area (Å²) in [5, 5.41) is 15.2. The Bertz CT molecular complexity index is 850. The zero-order valence-corrected chi connectivity index (χ0v) is 15.7. The molecule has 2 aromatic carbocycles. The minimum absolute atomic E-state index is 0.312. The quantitative estimate of drug-likeness (QED) is 0.590. The molecule has 0 aliphatic rings. The van der Waals surface area contributed by atoms with E-state index in [9.17, 15) is 5.11 Å². The smallest absolute Gasteiger partial charge is 0.128 e. The lowest BCUT2D eigenvalue weighted by molar-refractivity contribution is 0.399. The first-order chi connectivity index (χ1) is 12.7. The number of phenols is 1. The molecule has 0 radical (unpaired) electrons. The molecular weight excluding hydrogens is 348 g/mol. The third kappa shape index (κ3) is 4.15. The van der Waals surface area contributed by atoms with Crippen molar-refractivity contribution in [2.75, 3.05) is 20.8 Å². The van der Waals surface area contributed by atoms with Gasteiger partial charge in [0.15, 0.2) is 0 Å². The number of ether oxygens (including phenoxy) is 2. The molecule has 3 rings (SSSR count). The highest BCUT2D eigenvalue weighted by Gasteiger charge is 2.14. The molecule has 26 heavy (non-hydrogen) atoms. The zero-order chi connectivity index (χ0) is 18.4. The van der Waals surface area contributed by atoms with Gasteiger partial charge in [-0.05, 0) is 36.7 Å². The van der Waals surface area contributed by atoms with Gasteiger partial charge in [0.1, 0.15) is 17.2 Å². The van der Waals surface area contributed by atoms with E-state index in [4.69, 9.17) is 9.47 Å². The van der Waals surface area contributed by atoms with Crippen molar-refractivity contribution in [2.24, 2.45) is 0 Å². The summed E-state index contributed by atoms with van der Waals surface area (Å²) in [5.41, 5.74) is 5.56. The van der Waals surface area contributed by atoms with Crippen molar-refractivity contribution >= 4 is 11.3 Å². The fourth-order valence-electron chi connectivity index (χ4n) is 2.81. The fourth-order valence-corrected chi connectivity index (χ4v) is 3.36. The molecule has 0 saturated heterocycles. The molecule has 0 amide bonds. The van der Waals surface area contributed by atoms with Gasteiger partial charge in [0.2, 0.25) is 0 Å². The Hall–Kier alpha value is -2.57. The summed E-state index contributed by atoms with van der Waals surface area (Å²) in [4.78, 5) is 4.36. The number of para-hydroxylation sites is 1. The van der Waals surface area contributed by atoms with Gasteiger partial charge < -0.3 is 19.9 Å². The number of phenolic OH excluding ortho intramolecular Hbond substituents is 1. The highest BCUT2D eigenvalue weighted by atomic mass is 32.1. The number of aromatic nitrogens is 1. The van der Waals surface area contributed by atoms with E-state index in [1.807, 2.05) is 35.7 Å². The molecule has 0 aliphatic carbocycles. The number of hydrogen-bond acceptors (Lipinski definition) is 6. The van der Waals surface area contributed by atoms with Crippen LogP contribution < -0.4 is 14.8 Å². The normalized spacial score (nSPS) is 10.7. The molecule has 0 atom stereocenters. The number of hydrogen-bond donors (Lipinski definition) is 2. The minimum Gasteiger partial charge on any atom is -0.508 e. The Morgan fingerprint density at radius 3 is 2.58 bits per heavy atom. The molecule has 0 unspecified atom stereocenters. The highest BCUT2D eigenvalue weighted by molar-refractivity contribution is 7.07. The van der Waals surface area contributed by atoms with E-state index in [2.05, 4.69) is 10.3 Å². The number of thiazole rings is 1. The summed E-state index contributed by atoms with van der Waals surface area (Å²) in [5.74, 6) is 1.91. The van der Waals surface area contributed by atoms with E-state index < -0.39 is 0 Å². The predicted octanol–water partition coefficient (Wildman–Crippen LogP) is 3.87. The molecule has 1 aromatic heterocycles. The van der Waals surface area contributed by atoms with Gasteiger partial charge >= 0.3 is 0 Å². The van der Waals surface area contributed by atoms with Gasteiger partial charge in [0.25, 0.3) is 0 Å². The maximum Gasteiger partial charge on any atom is 0.128 e. The lowest BCUT2D eigenvalue weighted by Gasteiger charge is -2.14. The highest BCUT2D eigenvalue weighted by Crippen LogP contribution is 2.36. The van der Waals surface area contributed by atoms with Crippen LogP contribution in [0.5, 0.6) is 17.2 Å². The number of benzene rings is 2. The van der Waals surface area contributed by atoms with Crippen molar-refractivity contribution in [3.8, 4) is 28.5 Å². The number of aromatic hydroxyl groups is 1. The average molecular weight is 370 g/mol. The van der Waals surface area contributed by atoms with Gasteiger partial charge in [-0.1, -0.05) is 18.2 Å². The molecule has 0 aliphatic heterocycles. The lowest BCUT2D eigenvalue weighted by atomic mass is 10.0. The maximum atomic E-state index is 9.82. The molecule has 0 saturated carbocycles. The van der Waals surface area contributed by atoms with Crippen LogP contribution in [0.2, 0.25) is 0 Å². The van der Waals surface area contributed by atoms with E-state index in [1.54, 1.807) is 37.1 Å². The molecule has 1 heterocycles. The summed E-state index contributed by atoms with van der Waals surface area (Å²) in [6.45, 7) is 1.37. The monoisotopic (exact) mass is 370 g/mol. The molecule has 0 fully saturated rings. The maximum absolute atomic E-state index is 9.82. The van der Waals surface area contributed by atoms with Crippen molar-refractivity contribution in [1.29, 1.82) is 0 Å². The minimum atomic E-state index is 0.312. The number of methoxy groups -OCH3 is 2. The van der Waals surface area contributed by atoms with Gasteiger partial charge in [-0.25, -0.2) is 4.98 Å². The second-order valence-corrected chi connectivity index (χ2v) is 6.51. The van der Waals surface area contributed by atoms with Crippen molar-refractivity contribution in [1.82, 2.24) is 10.3 Å². The first kappa shape index (κ1) is 18.2. The van der Waals surface area contributed by atoms with Crippen molar-refractivity contribution in [2.45, 2.75) is 13.0 Å². The number of nitrogens with zero attached hydrogens (tertiary/aromatic N) is 1. The molecule has 6 heteroatoms. The van der Waals surface area contributed by atoms with Crippen molar-refractivity contribution in [3.05, 3.63) is 58.4 Å². The molecule has 5 nitrogen and oxygen atoms in total. The van der Waals surface area contributed by atoms with Crippen LogP contribution in [0.25, 0.3) is 11.3 Å². The van der Waals surface area contributed by atoms with E-state index in [0.29, 0.717) is 12.3 Å². The predicted molar refractivity (Wildman–Crippen MR) is 104 cm³/mol. The van der Waals surface area contributed by atoms with Crippen LogP contribution in [0, 0.1) is 0 Å². The van der Waals surface area contributed by atoms with Gasteiger partial charge in [0.05, 0.1) is 25.4 Å². The Balaban J connectivity index is 1.70. The molecule has 0 spiro atoms. The van der Waals surface area contributed by atoms with Gasteiger partial charge in [-0.3, -0.25) is 0 Å². The van der Waals surface area contributed by atoms with Crippen molar-refractivity contribution in [3.63, 3.8) is 0 Å². The van der Waals surface area contributed by atoms with Crippen LogP contribution in [0.4, 0.5) is 0 Å². The molecule has 3 aromatic rings. The van der Waals surface area contributed by atoms with Crippen LogP contribution in [-0.4, -0.2) is 30.9 Å². The topological polar surface area (TPSA) is 63.6 Å². The SMILES string of the molecule is COc1cc(-c2cscn2)c(OC)cc1CCNCc1ccccc1O. The second kappa shape index (κ2) is 8.69. The standard InChI is InChI=1S/C20H22N2O3S/c1-24-19-10-16(17-12-26-13-22-17)20(25-2)9-14(19)7-8-21-11-15-5-3-4-6-18(15)23/h3-6,9-10,12-13,21,23H,7-8,11H2,1-2H3. The number of nitrogens with one attached hydrogen (secondary N) is 1. The summed E-state index contributed by atoms with van der Waals surface area (Å²) in [7, 11) is 3.34. The summed E-state index contributed by atoms with van der Waals surface area (Å²) in [6.07, 6.45) is 0.782. The molecule has 136 valence electrons. The first-order valence-corrected chi connectivity index (χ1v) is 9.28. The van der Waals surface area contributed by atoms with Crippen molar-refractivity contribution < 1.29 is 14.6 Å². The fraction of sp³-hybridized carbons (Fsp3) is 0.250. The lowest BCUT2D eigenvalue weighted by Crippen LogP contribution is -2.17. The van der Waals surface area contributed by atoms with Crippen LogP contribution >= 0.6 is 11.3 Å². The van der Waals surface area contributed by atoms with E-state index in [0.717, 1.165) is 46.8 Å². The van der Waals surface area contributed by atoms with Crippen LogP contribution in [-0.2, 0) is 13.0 Å². The third-order valence-corrected chi connectivity index (χ3v) is 4.78. The van der Waals surface area contributed by atoms with E-state index in [1.165, 1.54) is 0 Å². The van der Waals surface area contributed by atoms with Crippen LogP contribution in [0.15, 0.2) is 47.3 Å². The Kier molecular flexibility index (Phi) is 6.09. The van der Waals surface area contributed by atoms with E-state index >= 15 is 0 Å². The largest absolute Gasteiger partial charge is 0.508 e. The molecule has 2 N–H and O–H groups in total. The summed E-state index contributed by atoms with van der Waals surface area (Å²) < 4.78 is 11.1. The van der Waals surface area contributed by atoms with Crippen LogP contribution in [0.3, 0.4) is 0 Å². The Morgan fingerprint density at radius 1 is 1.08 bits per heavy atom. The zero-order valence-electron chi connectivity index (χ0n) is 14.9. The first-order valence-electron chi connectivity index (χ1n) is 8.34. The van der Waals surface area contributed by atoms with E-state index in [-0.39, 0.29) is 0 Å². The van der Waals surface area contributed by atoms with Gasteiger partial charge in [-0.15, -0.1) is 11.3 Å². The molecular formula is C20H22N2O3S.